The summed E-state index contributed by atoms with van der Waals surface area (Å²) in [5.41, 5.74) is 2.38. The van der Waals surface area contributed by atoms with Crippen molar-refractivity contribution in [3.8, 4) is 5.75 Å². The monoisotopic (exact) mass is 423 g/mol. The van der Waals surface area contributed by atoms with Gasteiger partial charge in [0, 0.05) is 42.5 Å². The van der Waals surface area contributed by atoms with Crippen LogP contribution in [0.1, 0.15) is 27.9 Å². The van der Waals surface area contributed by atoms with Crippen molar-refractivity contribution in [1.82, 2.24) is 15.6 Å². The molecule has 7 heteroatoms. The van der Waals surface area contributed by atoms with Crippen LogP contribution in [-0.2, 0) is 17.9 Å². The standard InChI is InChI=1S/C23H22ClN3O3/c24-20-5-1-3-18(13-20)16-30-21-6-2-4-19(14-21)23(29)26-12-9-22(28)27-15-17-7-10-25-11-8-17/h1-8,10-11,13-14H,9,12,15-16H2,(H,26,29)(H,27,28). The molecular weight excluding hydrogens is 402 g/mol. The van der Waals surface area contributed by atoms with Gasteiger partial charge in [-0.15, -0.1) is 0 Å². The molecule has 2 aromatic carbocycles. The highest BCUT2D eigenvalue weighted by Crippen LogP contribution is 2.17. The molecule has 0 aliphatic heterocycles. The Hall–Kier alpha value is -3.38. The molecule has 0 saturated carbocycles. The second-order valence-corrected chi connectivity index (χ2v) is 7.02. The van der Waals surface area contributed by atoms with E-state index < -0.39 is 0 Å². The number of aromatic nitrogens is 1. The zero-order chi connectivity index (χ0) is 21.2. The summed E-state index contributed by atoms with van der Waals surface area (Å²) in [5, 5.41) is 6.21. The summed E-state index contributed by atoms with van der Waals surface area (Å²) in [7, 11) is 0. The summed E-state index contributed by atoms with van der Waals surface area (Å²) in [5.74, 6) is 0.188. The van der Waals surface area contributed by atoms with Crippen LogP contribution >= 0.6 is 11.6 Å². The lowest BCUT2D eigenvalue weighted by atomic mass is 10.2. The van der Waals surface area contributed by atoms with Crippen molar-refractivity contribution < 1.29 is 14.3 Å². The normalized spacial score (nSPS) is 10.3. The van der Waals surface area contributed by atoms with Crippen molar-refractivity contribution >= 4 is 23.4 Å². The average molecular weight is 424 g/mol. The third kappa shape index (κ3) is 6.90. The molecule has 0 radical (unpaired) electrons. The number of pyridine rings is 1. The second-order valence-electron chi connectivity index (χ2n) is 6.58. The van der Waals surface area contributed by atoms with Gasteiger partial charge in [-0.2, -0.15) is 0 Å². The number of rotatable bonds is 9. The second kappa shape index (κ2) is 11.0. The van der Waals surface area contributed by atoms with Gasteiger partial charge in [0.05, 0.1) is 0 Å². The van der Waals surface area contributed by atoms with E-state index in [0.717, 1.165) is 11.1 Å². The van der Waals surface area contributed by atoms with Crippen LogP contribution in [-0.4, -0.2) is 23.3 Å². The van der Waals surface area contributed by atoms with Crippen molar-refractivity contribution in [2.45, 2.75) is 19.6 Å². The van der Waals surface area contributed by atoms with E-state index in [1.54, 1.807) is 42.7 Å². The number of benzene rings is 2. The average Bonchev–Trinajstić information content (AvgIpc) is 2.77. The maximum atomic E-state index is 12.4. The molecule has 30 heavy (non-hydrogen) atoms. The van der Waals surface area contributed by atoms with Gasteiger partial charge in [-0.3, -0.25) is 14.6 Å². The molecule has 0 spiro atoms. The number of amides is 2. The minimum Gasteiger partial charge on any atom is -0.489 e. The number of ether oxygens (including phenoxy) is 1. The van der Waals surface area contributed by atoms with Crippen LogP contribution < -0.4 is 15.4 Å². The highest BCUT2D eigenvalue weighted by Gasteiger charge is 2.08. The molecule has 0 unspecified atom stereocenters. The number of nitrogens with one attached hydrogen (secondary N) is 2. The van der Waals surface area contributed by atoms with E-state index in [1.165, 1.54) is 0 Å². The van der Waals surface area contributed by atoms with E-state index in [4.69, 9.17) is 16.3 Å². The minimum absolute atomic E-state index is 0.134. The summed E-state index contributed by atoms with van der Waals surface area (Å²) in [6.45, 7) is 1.03. The number of carbonyl (C=O) groups excluding carboxylic acids is 2. The first kappa shape index (κ1) is 21.3. The summed E-state index contributed by atoms with van der Waals surface area (Å²) in [6.07, 6.45) is 3.55. The Morgan fingerprint density at radius 3 is 2.53 bits per heavy atom. The van der Waals surface area contributed by atoms with Gasteiger partial charge in [-0.25, -0.2) is 0 Å². The molecule has 0 saturated heterocycles. The van der Waals surface area contributed by atoms with Crippen LogP contribution in [0, 0.1) is 0 Å². The smallest absolute Gasteiger partial charge is 0.251 e. The highest BCUT2D eigenvalue weighted by molar-refractivity contribution is 6.30. The van der Waals surface area contributed by atoms with Crippen molar-refractivity contribution in [2.75, 3.05) is 6.54 Å². The summed E-state index contributed by atoms with van der Waals surface area (Å²) in [4.78, 5) is 28.2. The summed E-state index contributed by atoms with van der Waals surface area (Å²) >= 11 is 5.98. The van der Waals surface area contributed by atoms with Crippen LogP contribution in [0.5, 0.6) is 5.75 Å². The van der Waals surface area contributed by atoms with E-state index in [2.05, 4.69) is 15.6 Å². The lowest BCUT2D eigenvalue weighted by Gasteiger charge is -2.09. The van der Waals surface area contributed by atoms with Gasteiger partial charge in [0.15, 0.2) is 0 Å². The maximum absolute atomic E-state index is 12.4. The molecule has 0 atom stereocenters. The molecule has 3 rings (SSSR count). The molecular formula is C23H22ClN3O3. The van der Waals surface area contributed by atoms with Crippen LogP contribution in [0.15, 0.2) is 73.1 Å². The van der Waals surface area contributed by atoms with E-state index in [9.17, 15) is 9.59 Å². The number of carbonyl (C=O) groups is 2. The minimum atomic E-state index is -0.259. The van der Waals surface area contributed by atoms with Gasteiger partial charge >= 0.3 is 0 Å². The van der Waals surface area contributed by atoms with Gasteiger partial charge < -0.3 is 15.4 Å². The fourth-order valence-corrected chi connectivity index (χ4v) is 2.91. The molecule has 1 aromatic heterocycles. The first-order valence-corrected chi connectivity index (χ1v) is 9.89. The topological polar surface area (TPSA) is 80.3 Å². The van der Waals surface area contributed by atoms with Crippen LogP contribution in [0.2, 0.25) is 5.02 Å². The summed E-state index contributed by atoms with van der Waals surface area (Å²) < 4.78 is 5.75. The van der Waals surface area contributed by atoms with Crippen LogP contribution in [0.25, 0.3) is 0 Å². The Morgan fingerprint density at radius 1 is 0.933 bits per heavy atom. The lowest BCUT2D eigenvalue weighted by Crippen LogP contribution is -2.30. The van der Waals surface area contributed by atoms with E-state index >= 15 is 0 Å². The quantitative estimate of drug-likeness (QED) is 0.549. The highest BCUT2D eigenvalue weighted by atomic mass is 35.5. The number of halogens is 1. The van der Waals surface area contributed by atoms with Crippen LogP contribution in [0.4, 0.5) is 0 Å². The van der Waals surface area contributed by atoms with Gasteiger partial charge in [-0.1, -0.05) is 29.8 Å². The molecule has 0 aliphatic carbocycles. The van der Waals surface area contributed by atoms with Crippen molar-refractivity contribution in [3.05, 3.63) is 94.8 Å². The Balaban J connectivity index is 1.42. The lowest BCUT2D eigenvalue weighted by molar-refractivity contribution is -0.121. The molecule has 3 aromatic rings. The van der Waals surface area contributed by atoms with Gasteiger partial charge in [0.25, 0.3) is 5.91 Å². The Bertz CT molecular complexity index is 996. The zero-order valence-electron chi connectivity index (χ0n) is 16.3. The third-order valence-electron chi connectivity index (χ3n) is 4.27. The molecule has 6 nitrogen and oxygen atoms in total. The molecule has 2 N–H and O–H groups in total. The molecule has 154 valence electrons. The number of hydrogen-bond acceptors (Lipinski definition) is 4. The Morgan fingerprint density at radius 2 is 1.73 bits per heavy atom. The first-order chi connectivity index (χ1) is 14.6. The van der Waals surface area contributed by atoms with Crippen molar-refractivity contribution in [2.24, 2.45) is 0 Å². The van der Waals surface area contributed by atoms with E-state index in [-0.39, 0.29) is 24.8 Å². The van der Waals surface area contributed by atoms with E-state index in [1.807, 2.05) is 30.3 Å². The molecule has 2 amide bonds. The Kier molecular flexibility index (Phi) is 7.80. The predicted octanol–water partition coefficient (Wildman–Crippen LogP) is 3.75. The molecule has 1 heterocycles. The van der Waals surface area contributed by atoms with Gasteiger partial charge in [0.1, 0.15) is 12.4 Å². The fourth-order valence-electron chi connectivity index (χ4n) is 2.70. The molecule has 0 bridgehead atoms. The van der Waals surface area contributed by atoms with E-state index in [0.29, 0.717) is 29.5 Å². The Labute approximate surface area is 180 Å². The number of hydrogen-bond donors (Lipinski definition) is 2. The van der Waals surface area contributed by atoms with Crippen LogP contribution in [0.3, 0.4) is 0 Å². The fraction of sp³-hybridized carbons (Fsp3) is 0.174. The molecule has 0 fully saturated rings. The SMILES string of the molecule is O=C(CCNC(=O)c1cccc(OCc2cccc(Cl)c2)c1)NCc1ccncc1. The number of nitrogens with zero attached hydrogens (tertiary/aromatic N) is 1. The summed E-state index contributed by atoms with van der Waals surface area (Å²) in [6, 6.07) is 18.0. The maximum Gasteiger partial charge on any atom is 0.251 e. The van der Waals surface area contributed by atoms with Gasteiger partial charge in [0.2, 0.25) is 5.91 Å². The largest absolute Gasteiger partial charge is 0.489 e. The predicted molar refractivity (Wildman–Crippen MR) is 115 cm³/mol. The first-order valence-electron chi connectivity index (χ1n) is 9.51. The van der Waals surface area contributed by atoms with Crippen molar-refractivity contribution in [1.29, 1.82) is 0 Å². The van der Waals surface area contributed by atoms with Gasteiger partial charge in [-0.05, 0) is 53.6 Å². The third-order valence-corrected chi connectivity index (χ3v) is 4.50. The zero-order valence-corrected chi connectivity index (χ0v) is 17.1. The van der Waals surface area contributed by atoms with Crippen molar-refractivity contribution in [3.63, 3.8) is 0 Å². The molecule has 0 aliphatic rings.